The van der Waals surface area contributed by atoms with Gasteiger partial charge in [-0.1, -0.05) is 6.92 Å². The number of amides is 2. The van der Waals surface area contributed by atoms with Crippen molar-refractivity contribution < 1.29 is 14.6 Å². The number of piperidine rings is 1. The second kappa shape index (κ2) is 9.25. The second-order valence-corrected chi connectivity index (χ2v) is 6.94. The van der Waals surface area contributed by atoms with Gasteiger partial charge in [0, 0.05) is 30.1 Å². The number of rotatable bonds is 6. The smallest absolute Gasteiger partial charge is 0.319 e. The summed E-state index contributed by atoms with van der Waals surface area (Å²) in [7, 11) is 1.60. The number of halogens is 1. The molecule has 0 radical (unpaired) electrons. The highest BCUT2D eigenvalue weighted by Crippen LogP contribution is 2.27. The third-order valence-electron chi connectivity index (χ3n) is 4.29. The first kappa shape index (κ1) is 19.0. The molecule has 0 aliphatic carbocycles. The molecular formula is C17H26BrN3O3. The molecule has 1 saturated heterocycles. The van der Waals surface area contributed by atoms with Crippen LogP contribution in [0.1, 0.15) is 26.2 Å². The van der Waals surface area contributed by atoms with E-state index in [9.17, 15) is 9.90 Å². The van der Waals surface area contributed by atoms with E-state index in [4.69, 9.17) is 4.74 Å². The first-order valence-corrected chi connectivity index (χ1v) is 9.12. The van der Waals surface area contributed by atoms with Gasteiger partial charge in [-0.25, -0.2) is 4.79 Å². The lowest BCUT2D eigenvalue weighted by Gasteiger charge is -2.33. The van der Waals surface area contributed by atoms with Crippen molar-refractivity contribution in [3.8, 4) is 5.75 Å². The number of ether oxygens (including phenoxy) is 1. The van der Waals surface area contributed by atoms with Gasteiger partial charge in [0.1, 0.15) is 5.75 Å². The lowest BCUT2D eigenvalue weighted by atomic mass is 10.0. The first-order chi connectivity index (χ1) is 11.5. The predicted octanol–water partition coefficient (Wildman–Crippen LogP) is 2.81. The standard InChI is InChI=1S/C17H26BrN3O3/c1-3-13(22)11-21-8-6-12(7-9-21)19-17(23)20-16-5-4-14(24-2)10-15(16)18/h4-5,10,12-13,22H,3,6-9,11H2,1-2H3,(H2,19,20,23). The van der Waals surface area contributed by atoms with E-state index < -0.39 is 0 Å². The van der Waals surface area contributed by atoms with E-state index in [0.717, 1.165) is 42.6 Å². The van der Waals surface area contributed by atoms with Crippen LogP contribution in [-0.4, -0.2) is 54.9 Å². The maximum atomic E-state index is 12.2. The van der Waals surface area contributed by atoms with Gasteiger partial charge in [0.2, 0.25) is 0 Å². The first-order valence-electron chi connectivity index (χ1n) is 8.33. The average molecular weight is 400 g/mol. The second-order valence-electron chi connectivity index (χ2n) is 6.08. The number of hydrogen-bond donors (Lipinski definition) is 3. The highest BCUT2D eigenvalue weighted by atomic mass is 79.9. The maximum absolute atomic E-state index is 12.2. The van der Waals surface area contributed by atoms with Crippen molar-refractivity contribution in [3.63, 3.8) is 0 Å². The van der Waals surface area contributed by atoms with Crippen LogP contribution < -0.4 is 15.4 Å². The van der Waals surface area contributed by atoms with E-state index in [1.54, 1.807) is 19.2 Å². The van der Waals surface area contributed by atoms with Crippen LogP contribution in [0.2, 0.25) is 0 Å². The van der Waals surface area contributed by atoms with E-state index in [1.807, 2.05) is 13.0 Å². The van der Waals surface area contributed by atoms with Gasteiger partial charge in [-0.05, 0) is 53.4 Å². The monoisotopic (exact) mass is 399 g/mol. The van der Waals surface area contributed by atoms with Crippen molar-refractivity contribution in [1.82, 2.24) is 10.2 Å². The van der Waals surface area contributed by atoms with Crippen molar-refractivity contribution >= 4 is 27.6 Å². The van der Waals surface area contributed by atoms with Gasteiger partial charge in [-0.2, -0.15) is 0 Å². The number of likely N-dealkylation sites (tertiary alicyclic amines) is 1. The molecule has 1 unspecified atom stereocenters. The number of carbonyl (C=O) groups excluding carboxylic acids is 1. The maximum Gasteiger partial charge on any atom is 0.319 e. The fourth-order valence-corrected chi connectivity index (χ4v) is 3.21. The van der Waals surface area contributed by atoms with Crippen LogP contribution in [0.5, 0.6) is 5.75 Å². The van der Waals surface area contributed by atoms with Gasteiger partial charge in [0.05, 0.1) is 18.9 Å². The molecule has 2 amide bonds. The average Bonchev–Trinajstić information content (AvgIpc) is 2.58. The van der Waals surface area contributed by atoms with Crippen LogP contribution in [0.25, 0.3) is 0 Å². The van der Waals surface area contributed by atoms with Crippen LogP contribution in [-0.2, 0) is 0 Å². The molecular weight excluding hydrogens is 374 g/mol. The number of urea groups is 1. The number of aliphatic hydroxyl groups is 1. The topological polar surface area (TPSA) is 73.8 Å². The number of carbonyl (C=O) groups is 1. The van der Waals surface area contributed by atoms with Gasteiger partial charge < -0.3 is 25.4 Å². The summed E-state index contributed by atoms with van der Waals surface area (Å²) in [5.41, 5.74) is 0.705. The Kier molecular flexibility index (Phi) is 7.33. The molecule has 134 valence electrons. The fourth-order valence-electron chi connectivity index (χ4n) is 2.75. The predicted molar refractivity (Wildman–Crippen MR) is 98.6 cm³/mol. The number of β-amino-alcohol motifs (C(OH)–C–C–N with tert-alkyl or cyclic N) is 1. The Hall–Kier alpha value is -1.31. The van der Waals surface area contributed by atoms with E-state index in [0.29, 0.717) is 12.2 Å². The van der Waals surface area contributed by atoms with Gasteiger partial charge in [0.15, 0.2) is 0 Å². The third-order valence-corrected chi connectivity index (χ3v) is 4.94. The van der Waals surface area contributed by atoms with Crippen molar-refractivity contribution in [2.24, 2.45) is 0 Å². The zero-order valence-corrected chi connectivity index (χ0v) is 15.8. The molecule has 1 aromatic carbocycles. The molecule has 2 rings (SSSR count). The Bertz CT molecular complexity index is 548. The number of nitrogens with one attached hydrogen (secondary N) is 2. The van der Waals surface area contributed by atoms with Crippen LogP contribution in [0.3, 0.4) is 0 Å². The molecule has 1 atom stereocenters. The summed E-state index contributed by atoms with van der Waals surface area (Å²) in [6.45, 7) is 4.50. The van der Waals surface area contributed by atoms with Gasteiger partial charge in [-0.15, -0.1) is 0 Å². The lowest BCUT2D eigenvalue weighted by molar-refractivity contribution is 0.0925. The molecule has 0 bridgehead atoms. The summed E-state index contributed by atoms with van der Waals surface area (Å²) in [6.07, 6.45) is 2.31. The minimum Gasteiger partial charge on any atom is -0.497 e. The molecule has 0 saturated carbocycles. The Morgan fingerprint density at radius 2 is 2.17 bits per heavy atom. The van der Waals surface area contributed by atoms with Crippen LogP contribution in [0.15, 0.2) is 22.7 Å². The number of hydrogen-bond acceptors (Lipinski definition) is 4. The molecule has 1 aliphatic rings. The van der Waals surface area contributed by atoms with Crippen LogP contribution >= 0.6 is 15.9 Å². The Morgan fingerprint density at radius 3 is 2.75 bits per heavy atom. The van der Waals surface area contributed by atoms with Gasteiger partial charge >= 0.3 is 6.03 Å². The number of nitrogens with zero attached hydrogens (tertiary/aromatic N) is 1. The quantitative estimate of drug-likeness (QED) is 0.687. The number of aliphatic hydroxyl groups excluding tert-OH is 1. The van der Waals surface area contributed by atoms with E-state index >= 15 is 0 Å². The zero-order chi connectivity index (χ0) is 17.5. The summed E-state index contributed by atoms with van der Waals surface area (Å²) in [6, 6.07) is 5.38. The minimum absolute atomic E-state index is 0.164. The number of anilines is 1. The van der Waals surface area contributed by atoms with E-state index in [-0.39, 0.29) is 18.2 Å². The van der Waals surface area contributed by atoms with Crippen molar-refractivity contribution in [3.05, 3.63) is 22.7 Å². The summed E-state index contributed by atoms with van der Waals surface area (Å²) in [5.74, 6) is 0.731. The molecule has 1 fully saturated rings. The highest BCUT2D eigenvalue weighted by molar-refractivity contribution is 9.10. The van der Waals surface area contributed by atoms with Gasteiger partial charge in [0.25, 0.3) is 0 Å². The van der Waals surface area contributed by atoms with Crippen molar-refractivity contribution in [2.45, 2.75) is 38.3 Å². The fraction of sp³-hybridized carbons (Fsp3) is 0.588. The highest BCUT2D eigenvalue weighted by Gasteiger charge is 2.22. The summed E-state index contributed by atoms with van der Waals surface area (Å²) < 4.78 is 5.92. The van der Waals surface area contributed by atoms with Gasteiger partial charge in [-0.3, -0.25) is 0 Å². The molecule has 3 N–H and O–H groups in total. The normalized spacial score (nSPS) is 17.3. The lowest BCUT2D eigenvalue weighted by Crippen LogP contribution is -2.47. The van der Waals surface area contributed by atoms with Crippen molar-refractivity contribution in [1.29, 1.82) is 0 Å². The van der Waals surface area contributed by atoms with E-state index in [2.05, 4.69) is 31.5 Å². The van der Waals surface area contributed by atoms with Crippen LogP contribution in [0.4, 0.5) is 10.5 Å². The molecule has 0 aromatic heterocycles. The summed E-state index contributed by atoms with van der Waals surface area (Å²) in [5, 5.41) is 15.6. The van der Waals surface area contributed by atoms with E-state index in [1.165, 1.54) is 0 Å². The zero-order valence-electron chi connectivity index (χ0n) is 14.2. The van der Waals surface area contributed by atoms with Crippen LogP contribution in [0, 0.1) is 0 Å². The Morgan fingerprint density at radius 1 is 1.46 bits per heavy atom. The Labute approximate surface area is 151 Å². The summed E-state index contributed by atoms with van der Waals surface area (Å²) in [4.78, 5) is 14.4. The molecule has 1 aromatic rings. The summed E-state index contributed by atoms with van der Waals surface area (Å²) >= 11 is 3.43. The SMILES string of the molecule is CCC(O)CN1CCC(NC(=O)Nc2ccc(OC)cc2Br)CC1. The molecule has 24 heavy (non-hydrogen) atoms. The minimum atomic E-state index is -0.259. The largest absolute Gasteiger partial charge is 0.497 e. The molecule has 1 aliphatic heterocycles. The number of benzene rings is 1. The molecule has 1 heterocycles. The molecule has 0 spiro atoms. The molecule has 7 heteroatoms. The Balaban J connectivity index is 1.77. The van der Waals surface area contributed by atoms with Crippen molar-refractivity contribution in [2.75, 3.05) is 32.1 Å². The number of methoxy groups -OCH3 is 1. The molecule has 6 nitrogen and oxygen atoms in total. The third kappa shape index (κ3) is 5.65.